The summed E-state index contributed by atoms with van der Waals surface area (Å²) >= 11 is 6.13. The lowest BCUT2D eigenvalue weighted by molar-refractivity contribution is -0.310. The van der Waals surface area contributed by atoms with Crippen LogP contribution in [0.25, 0.3) is 6.08 Å². The molecule has 136 valence electrons. The summed E-state index contributed by atoms with van der Waals surface area (Å²) in [5.74, 6) is -2.77. The number of benzene rings is 1. The molecule has 6 nitrogen and oxygen atoms in total. The molecule has 0 spiro atoms. The number of hydrogen-bond acceptors (Lipinski definition) is 6. The molecular weight excluding hydrogens is 379 g/mol. The fraction of sp³-hybridized carbons (Fsp3) is 0.294. The van der Waals surface area contributed by atoms with Crippen LogP contribution >= 0.6 is 24.0 Å². The highest BCUT2D eigenvalue weighted by Gasteiger charge is 2.37. The van der Waals surface area contributed by atoms with Gasteiger partial charge in [-0.15, -0.1) is 0 Å². The Labute approximate surface area is 158 Å². The van der Waals surface area contributed by atoms with Crippen LogP contribution in [0.5, 0.6) is 0 Å². The van der Waals surface area contributed by atoms with Gasteiger partial charge in [-0.05, 0) is 25.0 Å². The predicted octanol–water partition coefficient (Wildman–Crippen LogP) is 0.768. The number of halogens is 1. The summed E-state index contributed by atoms with van der Waals surface area (Å²) in [7, 11) is 0. The molecule has 1 atom stereocenters. The number of carbonyl (C=O) groups is 3. The second-order valence-electron chi connectivity index (χ2n) is 5.85. The molecule has 2 aliphatic heterocycles. The van der Waals surface area contributed by atoms with Gasteiger partial charge in [0.25, 0.3) is 5.91 Å². The second kappa shape index (κ2) is 7.55. The fourth-order valence-electron chi connectivity index (χ4n) is 2.91. The Balaban J connectivity index is 1.74. The Morgan fingerprint density at radius 2 is 2.12 bits per heavy atom. The van der Waals surface area contributed by atoms with Crippen LogP contribution in [0.4, 0.5) is 4.39 Å². The molecule has 3 rings (SSSR count). The van der Waals surface area contributed by atoms with Crippen molar-refractivity contribution in [3.05, 3.63) is 40.6 Å². The van der Waals surface area contributed by atoms with Crippen LogP contribution in [0, 0.1) is 5.82 Å². The van der Waals surface area contributed by atoms with E-state index in [1.54, 1.807) is 12.1 Å². The topological polar surface area (TPSA) is 80.8 Å². The number of carboxylic acid groups (broad SMARTS) is 1. The second-order valence-corrected chi connectivity index (χ2v) is 7.53. The molecule has 0 aliphatic carbocycles. The van der Waals surface area contributed by atoms with Crippen LogP contribution in [0.3, 0.4) is 0 Å². The number of nitrogens with zero attached hydrogens (tertiary/aromatic N) is 2. The first-order valence-electron chi connectivity index (χ1n) is 7.88. The van der Waals surface area contributed by atoms with E-state index in [-0.39, 0.29) is 21.3 Å². The molecule has 0 unspecified atom stereocenters. The van der Waals surface area contributed by atoms with Crippen molar-refractivity contribution in [3.8, 4) is 0 Å². The smallest absolute Gasteiger partial charge is 0.266 e. The number of rotatable bonds is 4. The largest absolute Gasteiger partial charge is 0.548 e. The first-order chi connectivity index (χ1) is 12.4. The lowest BCUT2D eigenvalue weighted by Crippen LogP contribution is -2.50. The van der Waals surface area contributed by atoms with Crippen LogP contribution in [0.2, 0.25) is 0 Å². The van der Waals surface area contributed by atoms with Gasteiger partial charge in [0.15, 0.2) is 0 Å². The van der Waals surface area contributed by atoms with Gasteiger partial charge in [0, 0.05) is 12.1 Å². The van der Waals surface area contributed by atoms with Crippen molar-refractivity contribution in [3.63, 3.8) is 0 Å². The van der Waals surface area contributed by atoms with Gasteiger partial charge in [-0.2, -0.15) is 0 Å². The predicted molar refractivity (Wildman–Crippen MR) is 96.0 cm³/mol. The van der Waals surface area contributed by atoms with Crippen LogP contribution in [0.1, 0.15) is 18.4 Å². The SMILES string of the molecule is O=C([O-])[C@@H]1CCCN1C(=O)CN1C(=O)/C(=C/c2ccccc2F)SC1=S. The molecule has 0 saturated carbocycles. The summed E-state index contributed by atoms with van der Waals surface area (Å²) in [5.41, 5.74) is 0.246. The Morgan fingerprint density at radius 3 is 2.81 bits per heavy atom. The van der Waals surface area contributed by atoms with Crippen molar-refractivity contribution in [1.29, 1.82) is 0 Å². The Kier molecular flexibility index (Phi) is 5.38. The molecule has 1 aromatic rings. The van der Waals surface area contributed by atoms with Gasteiger partial charge in [-0.25, -0.2) is 4.39 Å². The molecule has 0 bridgehead atoms. The summed E-state index contributed by atoms with van der Waals surface area (Å²) in [5, 5.41) is 11.1. The Hall–Kier alpha value is -2.26. The quantitative estimate of drug-likeness (QED) is 0.555. The molecule has 2 aliphatic rings. The number of aliphatic carboxylic acids is 1. The molecule has 2 heterocycles. The van der Waals surface area contributed by atoms with Gasteiger partial charge >= 0.3 is 0 Å². The highest BCUT2D eigenvalue weighted by molar-refractivity contribution is 8.26. The van der Waals surface area contributed by atoms with E-state index < -0.39 is 29.6 Å². The van der Waals surface area contributed by atoms with Gasteiger partial charge in [-0.1, -0.05) is 42.2 Å². The monoisotopic (exact) mass is 393 g/mol. The summed E-state index contributed by atoms with van der Waals surface area (Å²) in [6, 6.07) is 5.02. The van der Waals surface area contributed by atoms with Crippen molar-refractivity contribution < 1.29 is 23.9 Å². The van der Waals surface area contributed by atoms with E-state index in [1.165, 1.54) is 23.1 Å². The average Bonchev–Trinajstić information content (AvgIpc) is 3.18. The standard InChI is InChI=1S/C17H15FN2O4S2/c18-11-5-2-1-4-10(11)8-13-15(22)20(17(25)26-13)9-14(21)19-7-3-6-12(19)16(23)24/h1-2,4-5,8,12H,3,6-7,9H2,(H,23,24)/p-1/b13-8-/t12-/m0/s1. The molecule has 0 aromatic heterocycles. The van der Waals surface area contributed by atoms with Crippen molar-refractivity contribution in [2.45, 2.75) is 18.9 Å². The van der Waals surface area contributed by atoms with E-state index in [0.717, 1.165) is 16.7 Å². The maximum absolute atomic E-state index is 13.8. The van der Waals surface area contributed by atoms with Crippen LogP contribution in [0.15, 0.2) is 29.2 Å². The summed E-state index contributed by atoms with van der Waals surface area (Å²) in [6.45, 7) is -0.0413. The van der Waals surface area contributed by atoms with Crippen LogP contribution in [-0.4, -0.2) is 51.0 Å². The number of likely N-dealkylation sites (tertiary alicyclic amines) is 1. The number of hydrogen-bond donors (Lipinski definition) is 0. The van der Waals surface area contributed by atoms with Crippen LogP contribution < -0.4 is 5.11 Å². The zero-order valence-electron chi connectivity index (χ0n) is 13.5. The summed E-state index contributed by atoms with van der Waals surface area (Å²) in [4.78, 5) is 38.6. The number of carbonyl (C=O) groups excluding carboxylic acids is 3. The van der Waals surface area contributed by atoms with E-state index in [0.29, 0.717) is 19.4 Å². The van der Waals surface area contributed by atoms with Crippen LogP contribution in [-0.2, 0) is 14.4 Å². The average molecular weight is 393 g/mol. The Bertz CT molecular complexity index is 827. The third kappa shape index (κ3) is 3.63. The van der Waals surface area contributed by atoms with E-state index in [1.807, 2.05) is 0 Å². The van der Waals surface area contributed by atoms with Gasteiger partial charge in [0.05, 0.1) is 16.9 Å². The number of amides is 2. The number of carboxylic acids is 1. The third-order valence-corrected chi connectivity index (χ3v) is 5.58. The summed E-state index contributed by atoms with van der Waals surface area (Å²) < 4.78 is 13.9. The van der Waals surface area contributed by atoms with Crippen molar-refractivity contribution in [2.75, 3.05) is 13.1 Å². The normalized spacial score (nSPS) is 21.7. The maximum Gasteiger partial charge on any atom is 0.266 e. The molecule has 0 N–H and O–H groups in total. The molecule has 2 saturated heterocycles. The fourth-order valence-corrected chi connectivity index (χ4v) is 4.15. The third-order valence-electron chi connectivity index (χ3n) is 4.20. The highest BCUT2D eigenvalue weighted by Crippen LogP contribution is 2.33. The molecule has 1 aromatic carbocycles. The molecule has 2 fully saturated rings. The highest BCUT2D eigenvalue weighted by atomic mass is 32.2. The first-order valence-corrected chi connectivity index (χ1v) is 9.11. The minimum Gasteiger partial charge on any atom is -0.548 e. The van der Waals surface area contributed by atoms with Crippen molar-refractivity contribution in [1.82, 2.24) is 9.80 Å². The van der Waals surface area contributed by atoms with Gasteiger partial charge in [0.2, 0.25) is 5.91 Å². The minimum atomic E-state index is -1.30. The molecule has 26 heavy (non-hydrogen) atoms. The maximum atomic E-state index is 13.8. The molecule has 0 radical (unpaired) electrons. The molecule has 9 heteroatoms. The minimum absolute atomic E-state index is 0.176. The van der Waals surface area contributed by atoms with E-state index in [2.05, 4.69) is 0 Å². The zero-order chi connectivity index (χ0) is 18.8. The molecular formula is C17H14FN2O4S2-. The van der Waals surface area contributed by atoms with Gasteiger partial charge in [0.1, 0.15) is 16.7 Å². The van der Waals surface area contributed by atoms with Crippen molar-refractivity contribution >= 4 is 52.2 Å². The molecule has 2 amide bonds. The zero-order valence-corrected chi connectivity index (χ0v) is 15.1. The lowest BCUT2D eigenvalue weighted by atomic mass is 10.2. The number of thioether (sulfide) groups is 1. The van der Waals surface area contributed by atoms with Crippen molar-refractivity contribution in [2.24, 2.45) is 0 Å². The van der Waals surface area contributed by atoms with E-state index in [4.69, 9.17) is 12.2 Å². The van der Waals surface area contributed by atoms with E-state index in [9.17, 15) is 23.9 Å². The van der Waals surface area contributed by atoms with Gasteiger partial charge < -0.3 is 14.8 Å². The van der Waals surface area contributed by atoms with Gasteiger partial charge in [-0.3, -0.25) is 14.5 Å². The first kappa shape index (κ1) is 18.5. The lowest BCUT2D eigenvalue weighted by Gasteiger charge is -2.27. The Morgan fingerprint density at radius 1 is 1.38 bits per heavy atom. The van der Waals surface area contributed by atoms with E-state index >= 15 is 0 Å². The summed E-state index contributed by atoms with van der Waals surface area (Å²) in [6.07, 6.45) is 2.29. The number of thiocarbonyl (C=S) groups is 1.